The number of H-pyrrole nitrogens is 1. The van der Waals surface area contributed by atoms with Gasteiger partial charge in [-0.1, -0.05) is 11.8 Å². The van der Waals surface area contributed by atoms with Gasteiger partial charge in [0.25, 0.3) is 5.91 Å². The topological polar surface area (TPSA) is 65.1 Å². The van der Waals surface area contributed by atoms with Crippen LogP contribution in [0.1, 0.15) is 22.4 Å². The fourth-order valence-corrected chi connectivity index (χ4v) is 2.69. The van der Waals surface area contributed by atoms with Gasteiger partial charge in [-0.05, 0) is 60.7 Å². The van der Waals surface area contributed by atoms with Crippen LogP contribution in [-0.2, 0) is 4.79 Å². The Bertz CT molecular complexity index is 1030. The zero-order chi connectivity index (χ0) is 17.2. The first kappa shape index (κ1) is 14.9. The van der Waals surface area contributed by atoms with Crippen LogP contribution in [0.4, 0.5) is 5.69 Å². The van der Waals surface area contributed by atoms with Crippen molar-refractivity contribution in [1.82, 2.24) is 4.98 Å². The Kier molecular flexibility index (Phi) is 3.60. The van der Waals surface area contributed by atoms with E-state index < -0.39 is 0 Å². The van der Waals surface area contributed by atoms with E-state index in [1.54, 1.807) is 24.3 Å². The van der Waals surface area contributed by atoms with Crippen LogP contribution in [0.15, 0.2) is 60.8 Å². The lowest BCUT2D eigenvalue weighted by Crippen LogP contribution is -2.03. The van der Waals surface area contributed by atoms with Gasteiger partial charge in [0, 0.05) is 34.3 Å². The van der Waals surface area contributed by atoms with E-state index in [0.29, 0.717) is 5.57 Å². The number of hydrogen-bond acceptors (Lipinski definition) is 2. The lowest BCUT2D eigenvalue weighted by molar-refractivity contribution is -0.110. The largest absolute Gasteiger partial charge is 0.508 e. The summed E-state index contributed by atoms with van der Waals surface area (Å²) in [6.45, 7) is 0. The molecule has 0 bridgehead atoms. The van der Waals surface area contributed by atoms with Crippen molar-refractivity contribution in [3.8, 4) is 17.6 Å². The molecule has 1 aliphatic heterocycles. The van der Waals surface area contributed by atoms with Gasteiger partial charge >= 0.3 is 0 Å². The van der Waals surface area contributed by atoms with Gasteiger partial charge in [-0.25, -0.2) is 0 Å². The van der Waals surface area contributed by atoms with Crippen LogP contribution in [0, 0.1) is 11.8 Å². The van der Waals surface area contributed by atoms with E-state index in [1.165, 1.54) is 0 Å². The SMILES string of the molecule is O=C1Nc2ccc(C#Cc3ccc(O)cc3)cc2C1=Cc1ccc[nH]1. The predicted octanol–water partition coefficient (Wildman–Crippen LogP) is 3.61. The number of aromatic nitrogens is 1. The van der Waals surface area contributed by atoms with Gasteiger partial charge in [-0.2, -0.15) is 0 Å². The molecule has 3 N–H and O–H groups in total. The maximum absolute atomic E-state index is 12.2. The van der Waals surface area contributed by atoms with E-state index in [4.69, 9.17) is 0 Å². The molecule has 2 aromatic carbocycles. The normalized spacial score (nSPS) is 13.9. The summed E-state index contributed by atoms with van der Waals surface area (Å²) in [5.41, 5.74) is 4.76. The second-order valence-electron chi connectivity index (χ2n) is 5.69. The molecule has 0 spiro atoms. The standard InChI is InChI=1S/C21H14N2O2/c24-17-8-5-14(6-9-17)3-4-15-7-10-20-18(12-15)19(21(25)23-20)13-16-2-1-11-22-16/h1-2,5-13,22,24H,(H,23,25). The Morgan fingerprint density at radius 3 is 2.48 bits per heavy atom. The molecule has 2 heterocycles. The van der Waals surface area contributed by atoms with Gasteiger partial charge in [0.15, 0.2) is 0 Å². The zero-order valence-corrected chi connectivity index (χ0v) is 13.2. The fraction of sp³-hybridized carbons (Fsp3) is 0. The fourth-order valence-electron chi connectivity index (χ4n) is 2.69. The van der Waals surface area contributed by atoms with Crippen LogP contribution in [0.3, 0.4) is 0 Å². The second-order valence-corrected chi connectivity index (χ2v) is 5.69. The van der Waals surface area contributed by atoms with Crippen LogP contribution in [-0.4, -0.2) is 16.0 Å². The van der Waals surface area contributed by atoms with Gasteiger partial charge in [0.2, 0.25) is 0 Å². The van der Waals surface area contributed by atoms with Crippen LogP contribution >= 0.6 is 0 Å². The quantitative estimate of drug-likeness (QED) is 0.472. The average molecular weight is 326 g/mol. The van der Waals surface area contributed by atoms with Gasteiger partial charge < -0.3 is 15.4 Å². The third kappa shape index (κ3) is 3.04. The van der Waals surface area contributed by atoms with Crippen molar-refractivity contribution in [1.29, 1.82) is 0 Å². The van der Waals surface area contributed by atoms with Crippen LogP contribution in [0.2, 0.25) is 0 Å². The maximum Gasteiger partial charge on any atom is 0.256 e. The van der Waals surface area contributed by atoms with E-state index in [-0.39, 0.29) is 11.7 Å². The number of benzene rings is 2. The lowest BCUT2D eigenvalue weighted by Gasteiger charge is -1.99. The van der Waals surface area contributed by atoms with Crippen molar-refractivity contribution in [2.24, 2.45) is 0 Å². The zero-order valence-electron chi connectivity index (χ0n) is 13.2. The number of carbonyl (C=O) groups is 1. The highest BCUT2D eigenvalue weighted by molar-refractivity contribution is 6.34. The highest BCUT2D eigenvalue weighted by Gasteiger charge is 2.24. The first-order valence-corrected chi connectivity index (χ1v) is 7.81. The molecule has 0 radical (unpaired) electrons. The summed E-state index contributed by atoms with van der Waals surface area (Å²) >= 11 is 0. The Hall–Kier alpha value is -3.71. The highest BCUT2D eigenvalue weighted by atomic mass is 16.3. The van der Waals surface area contributed by atoms with Crippen molar-refractivity contribution in [3.63, 3.8) is 0 Å². The number of aromatic hydroxyl groups is 1. The minimum absolute atomic E-state index is 0.117. The molecule has 4 rings (SSSR count). The van der Waals surface area contributed by atoms with Crippen LogP contribution in [0.25, 0.3) is 11.6 Å². The molecular weight excluding hydrogens is 312 g/mol. The molecule has 0 saturated carbocycles. The molecule has 3 aromatic rings. The van der Waals surface area contributed by atoms with E-state index >= 15 is 0 Å². The predicted molar refractivity (Wildman–Crippen MR) is 97.8 cm³/mol. The summed E-state index contributed by atoms with van der Waals surface area (Å²) in [6, 6.07) is 16.2. The van der Waals surface area contributed by atoms with Crippen molar-refractivity contribution in [2.45, 2.75) is 0 Å². The molecule has 0 fully saturated rings. The minimum atomic E-state index is -0.117. The second kappa shape index (κ2) is 6.06. The third-order valence-corrected chi connectivity index (χ3v) is 3.94. The Morgan fingerprint density at radius 2 is 1.72 bits per heavy atom. The van der Waals surface area contributed by atoms with Gasteiger partial charge in [-0.15, -0.1) is 0 Å². The number of amides is 1. The number of carbonyl (C=O) groups excluding carboxylic acids is 1. The van der Waals surface area contributed by atoms with Crippen LogP contribution < -0.4 is 5.32 Å². The summed E-state index contributed by atoms with van der Waals surface area (Å²) < 4.78 is 0. The van der Waals surface area contributed by atoms with Crippen molar-refractivity contribution in [3.05, 3.63) is 83.2 Å². The number of phenolic OH excluding ortho intramolecular Hbond substituents is 1. The molecule has 25 heavy (non-hydrogen) atoms. The smallest absolute Gasteiger partial charge is 0.256 e. The molecule has 1 amide bonds. The van der Waals surface area contributed by atoms with Crippen molar-refractivity contribution < 1.29 is 9.90 Å². The first-order valence-electron chi connectivity index (χ1n) is 7.81. The molecular formula is C21H14N2O2. The summed E-state index contributed by atoms with van der Waals surface area (Å²) in [6.07, 6.45) is 3.65. The summed E-state index contributed by atoms with van der Waals surface area (Å²) in [5, 5.41) is 12.2. The van der Waals surface area contributed by atoms with E-state index in [9.17, 15) is 9.90 Å². The summed E-state index contributed by atoms with van der Waals surface area (Å²) in [4.78, 5) is 15.3. The number of rotatable bonds is 1. The van der Waals surface area contributed by atoms with Crippen molar-refractivity contribution >= 4 is 23.2 Å². The molecule has 4 heteroatoms. The van der Waals surface area contributed by atoms with Gasteiger partial charge in [0.1, 0.15) is 5.75 Å². The summed E-state index contributed by atoms with van der Waals surface area (Å²) in [5.74, 6) is 6.25. The number of anilines is 1. The number of fused-ring (bicyclic) bond motifs is 1. The minimum Gasteiger partial charge on any atom is -0.508 e. The van der Waals surface area contributed by atoms with Crippen LogP contribution in [0.5, 0.6) is 5.75 Å². The Morgan fingerprint density at radius 1 is 0.960 bits per heavy atom. The Labute approximate surface area is 144 Å². The Balaban J connectivity index is 1.69. The highest BCUT2D eigenvalue weighted by Crippen LogP contribution is 2.33. The summed E-state index contributed by atoms with van der Waals surface area (Å²) in [7, 11) is 0. The molecule has 4 nitrogen and oxygen atoms in total. The molecule has 0 saturated heterocycles. The molecule has 1 aliphatic rings. The lowest BCUT2D eigenvalue weighted by atomic mass is 10.0. The van der Waals surface area contributed by atoms with Gasteiger partial charge in [-0.3, -0.25) is 4.79 Å². The van der Waals surface area contributed by atoms with Gasteiger partial charge in [0.05, 0.1) is 5.57 Å². The van der Waals surface area contributed by atoms with E-state index in [2.05, 4.69) is 22.1 Å². The monoisotopic (exact) mass is 326 g/mol. The number of hydrogen-bond donors (Lipinski definition) is 3. The molecule has 0 atom stereocenters. The van der Waals surface area contributed by atoms with E-state index in [0.717, 1.165) is 28.1 Å². The molecule has 0 aliphatic carbocycles. The molecule has 1 aromatic heterocycles. The van der Waals surface area contributed by atoms with Crippen molar-refractivity contribution in [2.75, 3.05) is 5.32 Å². The number of nitrogens with one attached hydrogen (secondary N) is 2. The number of aromatic amines is 1. The third-order valence-electron chi connectivity index (χ3n) is 3.94. The first-order chi connectivity index (χ1) is 12.2. The van der Waals surface area contributed by atoms with E-state index in [1.807, 2.05) is 42.6 Å². The molecule has 120 valence electrons. The average Bonchev–Trinajstić information content (AvgIpc) is 3.23. The number of phenols is 1. The maximum atomic E-state index is 12.2. The molecule has 0 unspecified atom stereocenters.